The molecule has 3 atom stereocenters. The van der Waals surface area contributed by atoms with Gasteiger partial charge in [0, 0.05) is 25.3 Å². The molecule has 25 heavy (non-hydrogen) atoms. The van der Waals surface area contributed by atoms with Gasteiger partial charge in [0.15, 0.2) is 0 Å². The lowest BCUT2D eigenvalue weighted by molar-refractivity contribution is -0.119. The van der Waals surface area contributed by atoms with Crippen molar-refractivity contribution >= 4 is 11.8 Å². The van der Waals surface area contributed by atoms with Crippen LogP contribution in [0, 0.1) is 0 Å². The van der Waals surface area contributed by atoms with Crippen molar-refractivity contribution in [3.8, 4) is 11.5 Å². The molecule has 0 aliphatic carbocycles. The van der Waals surface area contributed by atoms with E-state index in [9.17, 15) is 30.0 Å². The van der Waals surface area contributed by atoms with Crippen molar-refractivity contribution in [2.24, 2.45) is 0 Å². The maximum atomic E-state index is 12.4. The first-order valence-corrected chi connectivity index (χ1v) is 8.08. The van der Waals surface area contributed by atoms with E-state index in [0.717, 1.165) is 6.07 Å². The average molecular weight is 350 g/mol. The second-order valence-electron chi connectivity index (χ2n) is 6.19. The predicted molar refractivity (Wildman–Crippen MR) is 88.4 cm³/mol. The van der Waals surface area contributed by atoms with Gasteiger partial charge in [-0.15, -0.1) is 0 Å². The Morgan fingerprint density at radius 3 is 2.60 bits per heavy atom. The lowest BCUT2D eigenvalue weighted by atomic mass is 9.97. The normalized spacial score (nSPS) is 27.1. The number of fused-ring (bicyclic) bond motifs is 1. The van der Waals surface area contributed by atoms with E-state index >= 15 is 0 Å². The summed E-state index contributed by atoms with van der Waals surface area (Å²) in [7, 11) is 0. The van der Waals surface area contributed by atoms with Crippen LogP contribution in [0.3, 0.4) is 0 Å². The molecule has 0 bridgehead atoms. The third-order valence-electron chi connectivity index (χ3n) is 4.00. The van der Waals surface area contributed by atoms with Gasteiger partial charge in [-0.25, -0.2) is 4.79 Å². The number of carbonyl (C=O) groups excluding carboxylic acids is 2. The van der Waals surface area contributed by atoms with Crippen molar-refractivity contribution in [3.63, 3.8) is 0 Å². The van der Waals surface area contributed by atoms with Crippen LogP contribution in [0.15, 0.2) is 24.3 Å². The molecule has 0 radical (unpaired) electrons. The zero-order valence-corrected chi connectivity index (χ0v) is 13.9. The third kappa shape index (κ3) is 5.04. The number of rotatable bonds is 0. The highest BCUT2D eigenvalue weighted by Gasteiger charge is 2.24. The molecule has 0 fully saturated rings. The second-order valence-corrected chi connectivity index (χ2v) is 6.19. The molecule has 0 spiro atoms. The second kappa shape index (κ2) is 8.13. The van der Waals surface area contributed by atoms with Crippen molar-refractivity contribution in [1.82, 2.24) is 0 Å². The summed E-state index contributed by atoms with van der Waals surface area (Å²) in [4.78, 5) is 24.5. The summed E-state index contributed by atoms with van der Waals surface area (Å²) in [5, 5.41) is 39.3. The number of phenols is 2. The summed E-state index contributed by atoms with van der Waals surface area (Å²) in [6, 6.07) is 2.24. The molecule has 7 heteroatoms. The number of ether oxygens (including phenoxy) is 1. The zero-order chi connectivity index (χ0) is 18.6. The topological polar surface area (TPSA) is 124 Å². The number of carbonyl (C=O) groups is 2. The van der Waals surface area contributed by atoms with Crippen LogP contribution in [-0.4, -0.2) is 50.5 Å². The zero-order valence-electron chi connectivity index (χ0n) is 13.9. The molecule has 7 nitrogen and oxygen atoms in total. The maximum absolute atomic E-state index is 12.4. The first-order valence-electron chi connectivity index (χ1n) is 8.08. The largest absolute Gasteiger partial charge is 0.508 e. The quantitative estimate of drug-likeness (QED) is 0.409. The summed E-state index contributed by atoms with van der Waals surface area (Å²) in [5.41, 5.74) is 0.00182. The Bertz CT molecular complexity index is 680. The number of esters is 1. The molecule has 0 aromatic heterocycles. The molecule has 1 aromatic carbocycles. The van der Waals surface area contributed by atoms with E-state index in [1.54, 1.807) is 13.0 Å². The van der Waals surface area contributed by atoms with E-state index in [4.69, 9.17) is 4.74 Å². The minimum Gasteiger partial charge on any atom is -0.508 e. The number of Topliss-reactive ketones (excluding diaryl/α,β-unsaturated/α-hetero) is 1. The number of benzene rings is 1. The third-order valence-corrected chi connectivity index (χ3v) is 4.00. The van der Waals surface area contributed by atoms with Crippen LogP contribution in [0.4, 0.5) is 0 Å². The number of hydrogen-bond acceptors (Lipinski definition) is 7. The Hall–Kier alpha value is -2.38. The Labute approximate surface area is 145 Å². The molecule has 4 N–H and O–H groups in total. The van der Waals surface area contributed by atoms with Crippen molar-refractivity contribution in [1.29, 1.82) is 0 Å². The first kappa shape index (κ1) is 19.0. The monoisotopic (exact) mass is 350 g/mol. The van der Waals surface area contributed by atoms with E-state index < -0.39 is 30.0 Å². The Kier molecular flexibility index (Phi) is 6.17. The Balaban J connectivity index is 2.36. The number of aliphatic hydroxyl groups is 2. The van der Waals surface area contributed by atoms with Gasteiger partial charge in [-0.1, -0.05) is 12.2 Å². The van der Waals surface area contributed by atoms with E-state index in [0.29, 0.717) is 6.42 Å². The van der Waals surface area contributed by atoms with Gasteiger partial charge in [0.2, 0.25) is 0 Å². The summed E-state index contributed by atoms with van der Waals surface area (Å²) < 4.78 is 5.25. The van der Waals surface area contributed by atoms with Crippen molar-refractivity contribution in [2.45, 2.75) is 50.9 Å². The number of cyclic esters (lactones) is 1. The number of aliphatic hydroxyl groups excluding tert-OH is 2. The molecule has 0 saturated carbocycles. The fraction of sp³-hybridized carbons (Fsp3) is 0.444. The van der Waals surface area contributed by atoms with Gasteiger partial charge >= 0.3 is 5.97 Å². The molecule has 1 aliphatic rings. The molecule has 0 saturated heterocycles. The molecular weight excluding hydrogens is 328 g/mol. The minimum absolute atomic E-state index is 0.0205. The molecule has 2 rings (SSSR count). The highest BCUT2D eigenvalue weighted by Crippen LogP contribution is 2.29. The van der Waals surface area contributed by atoms with Gasteiger partial charge in [-0.2, -0.15) is 0 Å². The fourth-order valence-electron chi connectivity index (χ4n) is 2.65. The van der Waals surface area contributed by atoms with Crippen molar-refractivity contribution < 1.29 is 34.8 Å². The summed E-state index contributed by atoms with van der Waals surface area (Å²) in [6.45, 7) is 1.64. The maximum Gasteiger partial charge on any atom is 0.342 e. The first-order chi connectivity index (χ1) is 11.8. The molecular formula is C18H22O7. The molecule has 1 heterocycles. The van der Waals surface area contributed by atoms with Gasteiger partial charge < -0.3 is 25.2 Å². The van der Waals surface area contributed by atoms with Crippen LogP contribution in [0.1, 0.15) is 42.1 Å². The van der Waals surface area contributed by atoms with Crippen LogP contribution >= 0.6 is 0 Å². The molecule has 136 valence electrons. The highest BCUT2D eigenvalue weighted by molar-refractivity contribution is 5.96. The van der Waals surface area contributed by atoms with E-state index in [1.165, 1.54) is 12.1 Å². The van der Waals surface area contributed by atoms with Gasteiger partial charge in [0.25, 0.3) is 0 Å². The van der Waals surface area contributed by atoms with Crippen LogP contribution in [0.5, 0.6) is 11.5 Å². The van der Waals surface area contributed by atoms with Crippen LogP contribution in [0.2, 0.25) is 0 Å². The SMILES string of the molecule is C[C@H]1C/C=C/[C@@H](O)[C@@H](O)CCC(=O)Cc2cc(O)cc(O)c2C(=O)O1. The Morgan fingerprint density at radius 2 is 1.88 bits per heavy atom. The predicted octanol–water partition coefficient (Wildman–Crippen LogP) is 1.22. The number of ketones is 1. The standard InChI is InChI=1S/C18H22O7/c1-10-3-2-4-14(21)15(22)6-5-12(19)7-11-8-13(20)9-16(23)17(11)18(24)25-10/h2,4,8-10,14-15,20-23H,3,5-7H2,1H3/b4-2+/t10-,14+,15-/m0/s1. The van der Waals surface area contributed by atoms with Gasteiger partial charge in [0.05, 0.1) is 12.2 Å². The number of hydrogen-bond donors (Lipinski definition) is 4. The highest BCUT2D eigenvalue weighted by atomic mass is 16.5. The number of phenolic OH excluding ortho intramolecular Hbond substituents is 2. The van der Waals surface area contributed by atoms with Crippen LogP contribution in [0.25, 0.3) is 0 Å². The fourth-order valence-corrected chi connectivity index (χ4v) is 2.65. The summed E-state index contributed by atoms with van der Waals surface area (Å²) in [6.07, 6.45) is 0.371. The van der Waals surface area contributed by atoms with Gasteiger partial charge in [-0.3, -0.25) is 4.79 Å². The number of aromatic hydroxyl groups is 2. The van der Waals surface area contributed by atoms with Crippen molar-refractivity contribution in [2.75, 3.05) is 0 Å². The molecule has 0 amide bonds. The van der Waals surface area contributed by atoms with Gasteiger partial charge in [-0.05, 0) is 25.0 Å². The summed E-state index contributed by atoms with van der Waals surface area (Å²) in [5.74, 6) is -1.83. The lowest BCUT2D eigenvalue weighted by Gasteiger charge is -2.18. The van der Waals surface area contributed by atoms with Crippen LogP contribution in [-0.2, 0) is 16.0 Å². The van der Waals surface area contributed by atoms with E-state index in [-0.39, 0.29) is 41.9 Å². The minimum atomic E-state index is -1.11. The average Bonchev–Trinajstić information content (AvgIpc) is 2.50. The van der Waals surface area contributed by atoms with Crippen LogP contribution < -0.4 is 0 Å². The van der Waals surface area contributed by atoms with Crippen molar-refractivity contribution in [3.05, 3.63) is 35.4 Å². The molecule has 0 unspecified atom stereocenters. The van der Waals surface area contributed by atoms with Gasteiger partial charge in [0.1, 0.15) is 28.9 Å². The van der Waals surface area contributed by atoms with E-state index in [2.05, 4.69) is 0 Å². The lowest BCUT2D eigenvalue weighted by Crippen LogP contribution is -2.25. The smallest absolute Gasteiger partial charge is 0.342 e. The Morgan fingerprint density at radius 1 is 1.16 bits per heavy atom. The molecule has 1 aliphatic heterocycles. The summed E-state index contributed by atoms with van der Waals surface area (Å²) >= 11 is 0. The van der Waals surface area contributed by atoms with E-state index in [1.807, 2.05) is 0 Å². The molecule has 1 aromatic rings.